The van der Waals surface area contributed by atoms with Crippen LogP contribution in [0.3, 0.4) is 0 Å². The van der Waals surface area contributed by atoms with Gasteiger partial charge in [-0.15, -0.1) is 0 Å². The predicted octanol–water partition coefficient (Wildman–Crippen LogP) is 4.25. The van der Waals surface area contributed by atoms with Crippen LogP contribution in [-0.2, 0) is 10.5 Å². The summed E-state index contributed by atoms with van der Waals surface area (Å²) in [5.41, 5.74) is 3.93. The van der Waals surface area contributed by atoms with Crippen LogP contribution in [-0.4, -0.2) is 21.9 Å². The Bertz CT molecular complexity index is 1070. The standard InChI is InChI=1S/C22H20F3N3O/c23-16-10-14(22(25)9-1-2-15(20(22)24)21(26)29)7-8-18(16)28-19(13-5-6-13)11-17(27-28)12-3-4-12/h1-2,7-13,20H,3-6H2,(H2,26,29). The van der Waals surface area contributed by atoms with Crippen LogP contribution in [0.2, 0.25) is 0 Å². The Kier molecular flexibility index (Phi) is 3.98. The second-order valence-electron chi connectivity index (χ2n) is 8.10. The first-order chi connectivity index (χ1) is 13.9. The molecule has 1 aromatic carbocycles. The van der Waals surface area contributed by atoms with Crippen LogP contribution < -0.4 is 5.73 Å². The first kappa shape index (κ1) is 18.2. The molecule has 1 amide bonds. The molecule has 1 aromatic heterocycles. The summed E-state index contributed by atoms with van der Waals surface area (Å²) in [7, 11) is 0. The van der Waals surface area contributed by atoms with Crippen LogP contribution in [0.15, 0.2) is 48.1 Å². The molecule has 1 heterocycles. The number of halogens is 3. The Hall–Kier alpha value is -2.83. The molecule has 2 N–H and O–H groups in total. The van der Waals surface area contributed by atoms with E-state index in [1.54, 1.807) is 4.68 Å². The number of carbonyl (C=O) groups is 1. The van der Waals surface area contributed by atoms with E-state index in [1.165, 1.54) is 18.2 Å². The first-order valence-electron chi connectivity index (χ1n) is 9.81. The number of primary amides is 1. The van der Waals surface area contributed by atoms with Crippen molar-refractivity contribution in [1.29, 1.82) is 0 Å². The minimum atomic E-state index is -2.67. The Balaban J connectivity index is 1.53. The van der Waals surface area contributed by atoms with Crippen molar-refractivity contribution in [2.45, 2.75) is 49.4 Å². The highest BCUT2D eigenvalue weighted by Gasteiger charge is 2.45. The molecule has 0 radical (unpaired) electrons. The van der Waals surface area contributed by atoms with E-state index in [4.69, 9.17) is 5.73 Å². The zero-order chi connectivity index (χ0) is 20.3. The third-order valence-corrected chi connectivity index (χ3v) is 5.91. The molecule has 3 aliphatic carbocycles. The maximum absolute atomic E-state index is 15.5. The number of aromatic nitrogens is 2. The summed E-state index contributed by atoms with van der Waals surface area (Å²) in [6, 6.07) is 5.79. The van der Waals surface area contributed by atoms with Crippen molar-refractivity contribution >= 4 is 5.91 Å². The lowest BCUT2D eigenvalue weighted by Crippen LogP contribution is -2.38. The molecular weight excluding hydrogens is 379 g/mol. The van der Waals surface area contributed by atoms with Crippen LogP contribution in [0.1, 0.15) is 54.5 Å². The Morgan fingerprint density at radius 3 is 2.52 bits per heavy atom. The molecule has 4 nitrogen and oxygen atoms in total. The molecular formula is C22H20F3N3O. The van der Waals surface area contributed by atoms with Gasteiger partial charge in [0.25, 0.3) is 0 Å². The summed E-state index contributed by atoms with van der Waals surface area (Å²) >= 11 is 0. The quantitative estimate of drug-likeness (QED) is 0.817. The zero-order valence-electron chi connectivity index (χ0n) is 15.6. The maximum Gasteiger partial charge on any atom is 0.247 e. The first-order valence-corrected chi connectivity index (χ1v) is 9.81. The van der Waals surface area contributed by atoms with Crippen molar-refractivity contribution in [2.75, 3.05) is 0 Å². The van der Waals surface area contributed by atoms with Gasteiger partial charge in [0.2, 0.25) is 5.91 Å². The van der Waals surface area contributed by atoms with Crippen molar-refractivity contribution < 1.29 is 18.0 Å². The van der Waals surface area contributed by atoms with E-state index in [9.17, 15) is 9.18 Å². The van der Waals surface area contributed by atoms with Gasteiger partial charge in [-0.3, -0.25) is 4.79 Å². The molecule has 3 aliphatic rings. The average Bonchev–Trinajstić information content (AvgIpc) is 3.62. The fraction of sp³-hybridized carbons (Fsp3) is 0.364. The van der Waals surface area contributed by atoms with E-state index in [-0.39, 0.29) is 11.3 Å². The topological polar surface area (TPSA) is 60.9 Å². The summed E-state index contributed by atoms with van der Waals surface area (Å²) in [5, 5.41) is 4.60. The average molecular weight is 399 g/mol. The molecule has 29 heavy (non-hydrogen) atoms. The number of amides is 1. The summed E-state index contributed by atoms with van der Waals surface area (Å²) in [4.78, 5) is 11.4. The van der Waals surface area contributed by atoms with Gasteiger partial charge in [-0.05, 0) is 55.5 Å². The number of benzene rings is 1. The molecule has 0 aliphatic heterocycles. The molecule has 2 unspecified atom stereocenters. The molecule has 2 aromatic rings. The van der Waals surface area contributed by atoms with Gasteiger partial charge in [0, 0.05) is 17.5 Å². The Morgan fingerprint density at radius 2 is 1.90 bits per heavy atom. The van der Waals surface area contributed by atoms with Crippen molar-refractivity contribution in [1.82, 2.24) is 9.78 Å². The maximum atomic E-state index is 15.5. The molecule has 2 fully saturated rings. The van der Waals surface area contributed by atoms with E-state index < -0.39 is 29.1 Å². The van der Waals surface area contributed by atoms with Gasteiger partial charge in [0.15, 0.2) is 11.8 Å². The van der Waals surface area contributed by atoms with Crippen molar-refractivity contribution in [2.24, 2.45) is 5.73 Å². The lowest BCUT2D eigenvalue weighted by Gasteiger charge is -2.29. The monoisotopic (exact) mass is 399 g/mol. The molecule has 2 saturated carbocycles. The van der Waals surface area contributed by atoms with Crippen LogP contribution in [0.4, 0.5) is 13.2 Å². The lowest BCUT2D eigenvalue weighted by molar-refractivity contribution is -0.115. The normalized spacial score (nSPS) is 26.4. The fourth-order valence-electron chi connectivity index (χ4n) is 3.91. The number of hydrogen-bond acceptors (Lipinski definition) is 2. The number of allylic oxidation sites excluding steroid dienone is 3. The van der Waals surface area contributed by atoms with Crippen molar-refractivity contribution in [3.63, 3.8) is 0 Å². The summed E-state index contributed by atoms with van der Waals surface area (Å²) in [6.07, 6.45) is 5.30. The summed E-state index contributed by atoms with van der Waals surface area (Å²) in [5.74, 6) is -0.938. The van der Waals surface area contributed by atoms with E-state index in [2.05, 4.69) is 5.10 Å². The highest BCUT2D eigenvalue weighted by molar-refractivity contribution is 5.94. The van der Waals surface area contributed by atoms with Gasteiger partial charge in [-0.1, -0.05) is 18.2 Å². The molecule has 0 saturated heterocycles. The second-order valence-corrected chi connectivity index (χ2v) is 8.10. The van der Waals surface area contributed by atoms with Gasteiger partial charge in [0.1, 0.15) is 11.5 Å². The fourth-order valence-corrected chi connectivity index (χ4v) is 3.91. The number of carbonyl (C=O) groups excluding carboxylic acids is 1. The smallest absolute Gasteiger partial charge is 0.247 e. The predicted molar refractivity (Wildman–Crippen MR) is 102 cm³/mol. The number of nitrogens with zero attached hydrogens (tertiary/aromatic N) is 2. The summed E-state index contributed by atoms with van der Waals surface area (Å²) < 4.78 is 46.8. The van der Waals surface area contributed by atoms with E-state index in [1.807, 2.05) is 6.07 Å². The number of alkyl halides is 2. The van der Waals surface area contributed by atoms with Crippen LogP contribution in [0, 0.1) is 5.82 Å². The summed E-state index contributed by atoms with van der Waals surface area (Å²) in [6.45, 7) is 0. The van der Waals surface area contributed by atoms with Crippen LogP contribution in [0.5, 0.6) is 0 Å². The molecule has 0 spiro atoms. The van der Waals surface area contributed by atoms with Crippen LogP contribution in [0.25, 0.3) is 5.69 Å². The third kappa shape index (κ3) is 2.99. The third-order valence-electron chi connectivity index (χ3n) is 5.91. The molecule has 7 heteroatoms. The lowest BCUT2D eigenvalue weighted by atomic mass is 9.83. The van der Waals surface area contributed by atoms with Gasteiger partial charge in [-0.25, -0.2) is 17.9 Å². The molecule has 0 bridgehead atoms. The second kappa shape index (κ2) is 6.34. The Labute approximate surface area is 165 Å². The SMILES string of the molecule is NC(=O)C1=CC=CC(F)(c2ccc(-n3nc(C4CC4)cc3C3CC3)c(F)c2)C1F. The highest BCUT2D eigenvalue weighted by Crippen LogP contribution is 2.46. The van der Waals surface area contributed by atoms with Gasteiger partial charge in [-0.2, -0.15) is 5.10 Å². The van der Waals surface area contributed by atoms with E-state index in [0.717, 1.165) is 55.3 Å². The molecule has 2 atom stereocenters. The number of hydrogen-bond donors (Lipinski definition) is 1. The van der Waals surface area contributed by atoms with Gasteiger partial charge < -0.3 is 5.73 Å². The minimum absolute atomic E-state index is 0.211. The largest absolute Gasteiger partial charge is 0.366 e. The molecule has 150 valence electrons. The highest BCUT2D eigenvalue weighted by atomic mass is 19.2. The van der Waals surface area contributed by atoms with Gasteiger partial charge >= 0.3 is 0 Å². The van der Waals surface area contributed by atoms with Crippen LogP contribution >= 0.6 is 0 Å². The minimum Gasteiger partial charge on any atom is -0.366 e. The zero-order valence-corrected chi connectivity index (χ0v) is 15.6. The molecule has 5 rings (SSSR count). The Morgan fingerprint density at radius 1 is 1.17 bits per heavy atom. The number of nitrogens with two attached hydrogens (primary N) is 1. The van der Waals surface area contributed by atoms with Crippen molar-refractivity contribution in [3.05, 3.63) is 70.8 Å². The number of rotatable bonds is 5. The van der Waals surface area contributed by atoms with Gasteiger partial charge in [0.05, 0.1) is 11.3 Å². The van der Waals surface area contributed by atoms with Crippen molar-refractivity contribution in [3.8, 4) is 5.69 Å². The van der Waals surface area contributed by atoms with E-state index >= 15 is 8.78 Å². The van der Waals surface area contributed by atoms with E-state index in [0.29, 0.717) is 11.8 Å².